The molecule has 2 heterocycles. The molecule has 0 unspecified atom stereocenters. The van der Waals surface area contributed by atoms with E-state index in [1.807, 2.05) is 18.2 Å². The van der Waals surface area contributed by atoms with Crippen molar-refractivity contribution in [3.8, 4) is 45.9 Å². The van der Waals surface area contributed by atoms with E-state index in [2.05, 4.69) is 15.2 Å². The lowest BCUT2D eigenvalue weighted by molar-refractivity contribution is -0.131. The predicted octanol–water partition coefficient (Wildman–Crippen LogP) is 5.02. The lowest BCUT2D eigenvalue weighted by Crippen LogP contribution is -1.99. The summed E-state index contributed by atoms with van der Waals surface area (Å²) in [6.07, 6.45) is 1.52. The third kappa shape index (κ3) is 6.07. The van der Waals surface area contributed by atoms with Crippen molar-refractivity contribution in [3.63, 3.8) is 0 Å². The van der Waals surface area contributed by atoms with E-state index in [1.165, 1.54) is 13.2 Å². The minimum atomic E-state index is -1.12. The summed E-state index contributed by atoms with van der Waals surface area (Å²) in [6.45, 7) is 0.485. The number of hydrogen-bond acceptors (Lipinski definition) is 10. The molecule has 0 saturated carbocycles. The first-order valence-electron chi connectivity index (χ1n) is 11.9. The molecular weight excluding hydrogens is 538 g/mol. The van der Waals surface area contributed by atoms with Crippen molar-refractivity contribution in [2.75, 3.05) is 28.1 Å². The smallest absolute Gasteiger partial charge is 0.342 e. The van der Waals surface area contributed by atoms with Gasteiger partial charge >= 0.3 is 5.97 Å². The van der Waals surface area contributed by atoms with Crippen LogP contribution in [-0.4, -0.2) is 54.4 Å². The molecule has 12 heteroatoms. The molecular formula is C28H25N3O8S. The van der Waals surface area contributed by atoms with E-state index in [0.29, 0.717) is 51.4 Å². The van der Waals surface area contributed by atoms with Crippen LogP contribution in [0.2, 0.25) is 0 Å². The highest BCUT2D eigenvalue weighted by molar-refractivity contribution is 8.04. The fourth-order valence-corrected chi connectivity index (χ4v) is 4.54. The second-order valence-electron chi connectivity index (χ2n) is 8.37. The third-order valence-corrected chi connectivity index (χ3v) is 6.70. The van der Waals surface area contributed by atoms with E-state index >= 15 is 0 Å². The maximum absolute atomic E-state index is 12.1. The average Bonchev–Trinajstić information content (AvgIpc) is 3.65. The molecule has 0 amide bonds. The highest BCUT2D eigenvalue weighted by Gasteiger charge is 2.17. The number of aliphatic carboxylic acids is 1. The lowest BCUT2D eigenvalue weighted by atomic mass is 10.2. The molecule has 0 fully saturated rings. The first kappa shape index (κ1) is 26.8. The standard InChI is InChI=1S/C28H25N3O8S/c1-34-19-11-18(12-20(13-19)35-2)26-29-28(31-30-26)40-25(27(32)33)10-16-4-6-21(23(8-16)36-3)37-14-17-5-7-22-24(9-17)39-15-38-22/h4-13H,14-15H2,1-3H3,(H,32,33)(H,29,30,31)/b25-10-. The summed E-state index contributed by atoms with van der Waals surface area (Å²) in [5.41, 5.74) is 2.18. The van der Waals surface area contributed by atoms with E-state index in [-0.39, 0.29) is 23.5 Å². The molecule has 0 radical (unpaired) electrons. The van der Waals surface area contributed by atoms with Crippen LogP contribution in [0.15, 0.2) is 64.7 Å². The Morgan fingerprint density at radius 2 is 1.75 bits per heavy atom. The van der Waals surface area contributed by atoms with Crippen LogP contribution in [0.5, 0.6) is 34.5 Å². The fourth-order valence-electron chi connectivity index (χ4n) is 3.83. The minimum Gasteiger partial charge on any atom is -0.497 e. The van der Waals surface area contributed by atoms with Crippen LogP contribution in [0, 0.1) is 0 Å². The SMILES string of the molecule is COc1cc(OC)cc(-c2nc(S/C(=C\c3ccc(OCc4ccc5c(c4)OCO5)c(OC)c3)C(=O)O)n[nH]2)c1. The Hall–Kier alpha value is -4.84. The zero-order valence-corrected chi connectivity index (χ0v) is 22.6. The summed E-state index contributed by atoms with van der Waals surface area (Å²) in [6, 6.07) is 16.0. The molecule has 40 heavy (non-hydrogen) atoms. The van der Waals surface area contributed by atoms with E-state index in [0.717, 1.165) is 17.3 Å². The van der Waals surface area contributed by atoms with Gasteiger partial charge in [0.1, 0.15) is 23.0 Å². The summed E-state index contributed by atoms with van der Waals surface area (Å²) < 4.78 is 32.8. The molecule has 1 aromatic heterocycles. The van der Waals surface area contributed by atoms with Crippen molar-refractivity contribution in [2.24, 2.45) is 0 Å². The number of nitrogens with one attached hydrogen (secondary N) is 1. The van der Waals surface area contributed by atoms with Gasteiger partial charge < -0.3 is 33.5 Å². The number of rotatable bonds is 11. The van der Waals surface area contributed by atoms with Gasteiger partial charge in [0, 0.05) is 11.6 Å². The van der Waals surface area contributed by atoms with Gasteiger partial charge in [-0.3, -0.25) is 5.10 Å². The number of aromatic nitrogens is 3. The first-order valence-corrected chi connectivity index (χ1v) is 12.8. The minimum absolute atomic E-state index is 0.0184. The van der Waals surface area contributed by atoms with Gasteiger partial charge in [0.15, 0.2) is 28.8 Å². The molecule has 0 spiro atoms. The average molecular weight is 564 g/mol. The van der Waals surface area contributed by atoms with Gasteiger partial charge in [-0.2, -0.15) is 0 Å². The molecule has 1 aliphatic heterocycles. The molecule has 2 N–H and O–H groups in total. The van der Waals surface area contributed by atoms with Gasteiger partial charge in [-0.05, 0) is 65.4 Å². The van der Waals surface area contributed by atoms with Crippen LogP contribution in [-0.2, 0) is 11.4 Å². The summed E-state index contributed by atoms with van der Waals surface area (Å²) in [5.74, 6) is 2.83. The van der Waals surface area contributed by atoms with E-state index in [4.69, 9.17) is 28.4 Å². The van der Waals surface area contributed by atoms with Gasteiger partial charge in [0.25, 0.3) is 0 Å². The van der Waals surface area contributed by atoms with Crippen molar-refractivity contribution >= 4 is 23.8 Å². The first-order chi connectivity index (χ1) is 19.4. The number of methoxy groups -OCH3 is 3. The Morgan fingerprint density at radius 1 is 0.975 bits per heavy atom. The molecule has 4 aromatic rings. The Bertz CT molecular complexity index is 1550. The van der Waals surface area contributed by atoms with Crippen LogP contribution in [0.25, 0.3) is 17.5 Å². The number of hydrogen-bond donors (Lipinski definition) is 2. The van der Waals surface area contributed by atoms with E-state index in [1.54, 1.807) is 50.6 Å². The lowest BCUT2D eigenvalue weighted by Gasteiger charge is -2.12. The predicted molar refractivity (Wildman–Crippen MR) is 146 cm³/mol. The Morgan fingerprint density at radius 3 is 2.48 bits per heavy atom. The van der Waals surface area contributed by atoms with Gasteiger partial charge in [-0.25, -0.2) is 9.78 Å². The van der Waals surface area contributed by atoms with Gasteiger partial charge in [0.05, 0.1) is 21.3 Å². The summed E-state index contributed by atoms with van der Waals surface area (Å²) in [7, 11) is 4.63. The van der Waals surface area contributed by atoms with Crippen molar-refractivity contribution in [1.29, 1.82) is 0 Å². The van der Waals surface area contributed by atoms with Crippen molar-refractivity contribution in [1.82, 2.24) is 15.2 Å². The second kappa shape index (κ2) is 11.9. The number of thioether (sulfide) groups is 1. The van der Waals surface area contributed by atoms with Gasteiger partial charge in [0.2, 0.25) is 11.9 Å². The zero-order chi connectivity index (χ0) is 28.1. The van der Waals surface area contributed by atoms with Crippen molar-refractivity contribution < 1.29 is 38.3 Å². The number of carboxylic acid groups (broad SMARTS) is 1. The molecule has 1 aliphatic rings. The zero-order valence-electron chi connectivity index (χ0n) is 21.8. The van der Waals surface area contributed by atoms with Crippen LogP contribution < -0.4 is 28.4 Å². The maximum Gasteiger partial charge on any atom is 0.342 e. The Labute approximate surface area is 233 Å². The Balaban J connectivity index is 1.31. The molecule has 0 bridgehead atoms. The number of fused-ring (bicyclic) bond motifs is 1. The van der Waals surface area contributed by atoms with Crippen molar-refractivity contribution in [3.05, 3.63) is 70.6 Å². The number of aromatic amines is 1. The number of carbonyl (C=O) groups is 1. The fraction of sp³-hybridized carbons (Fsp3) is 0.179. The van der Waals surface area contributed by atoms with Gasteiger partial charge in [-0.1, -0.05) is 12.1 Å². The van der Waals surface area contributed by atoms with Crippen LogP contribution in [0.3, 0.4) is 0 Å². The molecule has 5 rings (SSSR count). The monoisotopic (exact) mass is 563 g/mol. The molecule has 0 atom stereocenters. The number of carboxylic acids is 1. The molecule has 206 valence electrons. The van der Waals surface area contributed by atoms with Gasteiger partial charge in [-0.15, -0.1) is 5.10 Å². The summed E-state index contributed by atoms with van der Waals surface area (Å²) in [4.78, 5) is 16.5. The van der Waals surface area contributed by atoms with Crippen molar-refractivity contribution in [2.45, 2.75) is 11.8 Å². The van der Waals surface area contributed by atoms with Crippen LogP contribution in [0.1, 0.15) is 11.1 Å². The third-order valence-electron chi connectivity index (χ3n) is 5.82. The molecule has 11 nitrogen and oxygen atoms in total. The second-order valence-corrected chi connectivity index (χ2v) is 9.38. The van der Waals surface area contributed by atoms with E-state index < -0.39 is 5.97 Å². The molecule has 0 aliphatic carbocycles. The molecule has 3 aromatic carbocycles. The quantitative estimate of drug-likeness (QED) is 0.188. The highest BCUT2D eigenvalue weighted by atomic mass is 32.2. The van der Waals surface area contributed by atoms with Crippen LogP contribution >= 0.6 is 11.8 Å². The number of ether oxygens (including phenoxy) is 6. The topological polar surface area (TPSA) is 134 Å². The summed E-state index contributed by atoms with van der Waals surface area (Å²) >= 11 is 0.913. The number of H-pyrrole nitrogens is 1. The normalized spacial score (nSPS) is 12.2. The Kier molecular flexibility index (Phi) is 7.97. The maximum atomic E-state index is 12.1. The highest BCUT2D eigenvalue weighted by Crippen LogP contribution is 2.35. The van der Waals surface area contributed by atoms with Crippen LogP contribution in [0.4, 0.5) is 0 Å². The van der Waals surface area contributed by atoms with E-state index in [9.17, 15) is 9.90 Å². The number of benzene rings is 3. The number of nitrogens with zero attached hydrogens (tertiary/aromatic N) is 2. The largest absolute Gasteiger partial charge is 0.497 e. The summed E-state index contributed by atoms with van der Waals surface area (Å²) in [5, 5.41) is 17.1. The molecule has 0 saturated heterocycles.